The van der Waals surface area contributed by atoms with E-state index in [4.69, 9.17) is 0 Å². The van der Waals surface area contributed by atoms with E-state index in [1.165, 1.54) is 5.57 Å². The summed E-state index contributed by atoms with van der Waals surface area (Å²) < 4.78 is 0. The van der Waals surface area contributed by atoms with Crippen molar-refractivity contribution in [1.82, 2.24) is 0 Å². The molecule has 2 aliphatic rings. The average Bonchev–Trinajstić information content (AvgIpc) is 2.12. The van der Waals surface area contributed by atoms with Crippen molar-refractivity contribution in [2.24, 2.45) is 0 Å². The van der Waals surface area contributed by atoms with Crippen molar-refractivity contribution in [3.8, 4) is 0 Å². The average molecular weight is 149 g/mol. The second-order valence-corrected chi connectivity index (χ2v) is 8.15. The molecule has 0 N–H and O–H groups in total. The first-order valence-corrected chi connectivity index (χ1v) is 6.83. The minimum atomic E-state index is -0.892. The lowest BCUT2D eigenvalue weighted by Gasteiger charge is -2.01. The molecule has 1 saturated heterocycles. The highest BCUT2D eigenvalue weighted by Crippen LogP contribution is 2.57. The fourth-order valence-electron chi connectivity index (χ4n) is 1.94. The topological polar surface area (TPSA) is 0 Å². The van der Waals surface area contributed by atoms with Crippen LogP contribution in [0, 0.1) is 5.54 Å². The second kappa shape index (κ2) is 1.47. The minimum absolute atomic E-state index is 0.892. The third-order valence-corrected chi connectivity index (χ3v) is 6.22. The first kappa shape index (κ1) is 6.41. The predicted molar refractivity (Wildman–Crippen MR) is 47.2 cm³/mol. The molecule has 0 aromatic heterocycles. The van der Waals surface area contributed by atoms with Crippen LogP contribution in [-0.2, 0) is 0 Å². The Balaban J connectivity index is 2.44. The molecule has 1 radical (unpaired) electrons. The maximum absolute atomic E-state index is 2.43. The molecule has 1 aliphatic carbocycles. The fraction of sp³-hybridized carbons (Fsp3) is 0.444. The quantitative estimate of drug-likeness (QED) is 0.464. The van der Waals surface area contributed by atoms with Gasteiger partial charge in [0, 0.05) is 5.54 Å². The number of fused-ring (bicyclic) bond motifs is 1. The van der Waals surface area contributed by atoms with E-state index in [1.54, 1.807) is 16.3 Å². The highest BCUT2D eigenvalue weighted by atomic mass is 28.3. The monoisotopic (exact) mass is 149 g/mol. The highest BCUT2D eigenvalue weighted by molar-refractivity contribution is 7.04. The molecule has 0 saturated carbocycles. The molecule has 2 rings (SSSR count). The Morgan fingerprint density at radius 3 is 2.10 bits per heavy atom. The number of hydrogen-bond donors (Lipinski definition) is 0. The molecular formula is C9H13Si. The van der Waals surface area contributed by atoms with Gasteiger partial charge in [-0.2, -0.15) is 0 Å². The zero-order valence-corrected chi connectivity index (χ0v) is 8.08. The summed E-state index contributed by atoms with van der Waals surface area (Å²) in [7, 11) is -0.892. The molecule has 53 valence electrons. The van der Waals surface area contributed by atoms with Gasteiger partial charge in [0.15, 0.2) is 0 Å². The molecule has 1 heteroatoms. The van der Waals surface area contributed by atoms with Crippen molar-refractivity contribution in [2.75, 3.05) is 0 Å². The van der Waals surface area contributed by atoms with Crippen molar-refractivity contribution in [2.45, 2.75) is 26.9 Å². The smallest absolute Gasteiger partial charge is 0.0729 e. The van der Waals surface area contributed by atoms with Crippen LogP contribution in [0.1, 0.15) is 13.8 Å². The Labute approximate surface area is 63.6 Å². The summed E-state index contributed by atoms with van der Waals surface area (Å²) in [4.78, 5) is 0. The lowest BCUT2D eigenvalue weighted by Crippen LogP contribution is -2.05. The van der Waals surface area contributed by atoms with E-state index in [0.717, 1.165) is 0 Å². The van der Waals surface area contributed by atoms with Gasteiger partial charge in [-0.25, -0.2) is 0 Å². The van der Waals surface area contributed by atoms with Crippen LogP contribution in [-0.4, -0.2) is 8.07 Å². The lowest BCUT2D eigenvalue weighted by atomic mass is 10.2. The van der Waals surface area contributed by atoms with Gasteiger partial charge in [-0.3, -0.25) is 0 Å². The molecule has 0 bridgehead atoms. The minimum Gasteiger partial charge on any atom is -0.0729 e. The van der Waals surface area contributed by atoms with E-state index >= 15 is 0 Å². The lowest BCUT2D eigenvalue weighted by molar-refractivity contribution is 1.37. The third-order valence-electron chi connectivity index (χ3n) is 2.83. The Morgan fingerprint density at radius 1 is 1.20 bits per heavy atom. The Hall–Kier alpha value is -0.303. The molecule has 0 aromatic carbocycles. The first-order chi connectivity index (χ1) is 4.55. The molecule has 10 heavy (non-hydrogen) atoms. The number of rotatable bonds is 0. The zero-order valence-electron chi connectivity index (χ0n) is 7.08. The maximum atomic E-state index is 2.43. The summed E-state index contributed by atoms with van der Waals surface area (Å²) in [6.07, 6.45) is 2.39. The van der Waals surface area contributed by atoms with Crippen molar-refractivity contribution >= 4 is 8.07 Å². The molecule has 0 aromatic rings. The van der Waals surface area contributed by atoms with E-state index < -0.39 is 8.07 Å². The van der Waals surface area contributed by atoms with Gasteiger partial charge in [0.1, 0.15) is 0 Å². The van der Waals surface area contributed by atoms with Crippen molar-refractivity contribution in [3.63, 3.8) is 0 Å². The van der Waals surface area contributed by atoms with E-state index in [9.17, 15) is 0 Å². The van der Waals surface area contributed by atoms with Crippen LogP contribution < -0.4 is 0 Å². The van der Waals surface area contributed by atoms with Gasteiger partial charge >= 0.3 is 0 Å². The summed E-state index contributed by atoms with van der Waals surface area (Å²) in [5.41, 5.74) is 4.78. The molecule has 0 spiro atoms. The van der Waals surface area contributed by atoms with Crippen molar-refractivity contribution in [1.29, 1.82) is 0 Å². The molecule has 1 heterocycles. The molecular weight excluding hydrogens is 136 g/mol. The van der Waals surface area contributed by atoms with Crippen LogP contribution in [0.3, 0.4) is 0 Å². The molecule has 0 nitrogen and oxygen atoms in total. The maximum Gasteiger partial charge on any atom is 0.0918 e. The fourth-order valence-corrected chi connectivity index (χ4v) is 5.66. The summed E-state index contributed by atoms with van der Waals surface area (Å²) in [5, 5.41) is 1.74. The summed E-state index contributed by atoms with van der Waals surface area (Å²) in [6, 6.07) is 0. The standard InChI is InChI=1S/C9H13Si/c1-6-5-8-9(7(6)2)10(8,3)4/h5H,1-4H3. The largest absolute Gasteiger partial charge is 0.0918 e. The summed E-state index contributed by atoms with van der Waals surface area (Å²) in [5.74, 6) is 0. The van der Waals surface area contributed by atoms with Gasteiger partial charge in [-0.15, -0.1) is 0 Å². The molecule has 1 fully saturated rings. The van der Waals surface area contributed by atoms with Crippen LogP contribution in [0.5, 0.6) is 0 Å². The van der Waals surface area contributed by atoms with Crippen LogP contribution in [0.25, 0.3) is 0 Å². The van der Waals surface area contributed by atoms with E-state index in [-0.39, 0.29) is 0 Å². The van der Waals surface area contributed by atoms with Crippen LogP contribution in [0.4, 0.5) is 0 Å². The van der Waals surface area contributed by atoms with Gasteiger partial charge in [0.25, 0.3) is 0 Å². The van der Waals surface area contributed by atoms with Crippen molar-refractivity contribution < 1.29 is 0 Å². The van der Waals surface area contributed by atoms with Crippen LogP contribution in [0.2, 0.25) is 13.1 Å². The molecule has 0 unspecified atom stereocenters. The third kappa shape index (κ3) is 0.523. The van der Waals surface area contributed by atoms with Gasteiger partial charge < -0.3 is 0 Å². The van der Waals surface area contributed by atoms with Gasteiger partial charge in [0.2, 0.25) is 0 Å². The molecule has 0 atom stereocenters. The molecule has 0 amide bonds. The number of allylic oxidation sites excluding steroid dienone is 4. The van der Waals surface area contributed by atoms with E-state index in [0.29, 0.717) is 0 Å². The normalized spacial score (nSPS) is 28.6. The van der Waals surface area contributed by atoms with Gasteiger partial charge in [0.05, 0.1) is 8.07 Å². The first-order valence-electron chi connectivity index (χ1n) is 3.83. The van der Waals surface area contributed by atoms with Gasteiger partial charge in [-0.05, 0) is 13.8 Å². The summed E-state index contributed by atoms with van der Waals surface area (Å²) in [6.45, 7) is 9.34. The Bertz CT molecular complexity index is 256. The van der Waals surface area contributed by atoms with Crippen LogP contribution in [0.15, 0.2) is 22.4 Å². The zero-order chi connectivity index (χ0) is 7.52. The Morgan fingerprint density at radius 2 is 1.80 bits per heavy atom. The summed E-state index contributed by atoms with van der Waals surface area (Å²) >= 11 is 0. The van der Waals surface area contributed by atoms with Gasteiger partial charge in [-0.1, -0.05) is 35.5 Å². The second-order valence-electron chi connectivity index (χ2n) is 3.87. The van der Waals surface area contributed by atoms with Crippen molar-refractivity contribution in [3.05, 3.63) is 28.0 Å². The van der Waals surface area contributed by atoms with E-state index in [2.05, 4.69) is 33.0 Å². The van der Waals surface area contributed by atoms with Crippen LogP contribution >= 0.6 is 0 Å². The van der Waals surface area contributed by atoms with E-state index in [1.807, 2.05) is 0 Å². The Kier molecular flexibility index (Phi) is 0.945. The molecule has 1 aliphatic heterocycles. The SMILES string of the molecule is CC1=C[C]2C(=C1C)[Si]2(C)C. The predicted octanol–water partition coefficient (Wildman–Crippen LogP) is 2.64. The number of hydrogen-bond acceptors (Lipinski definition) is 0. The highest BCUT2D eigenvalue weighted by Gasteiger charge is 2.56.